The largest absolute Gasteiger partial charge is 0.352 e. The highest BCUT2D eigenvalue weighted by Gasteiger charge is 2.30. The summed E-state index contributed by atoms with van der Waals surface area (Å²) >= 11 is 9.80. The van der Waals surface area contributed by atoms with Gasteiger partial charge in [-0.25, -0.2) is 0 Å². The van der Waals surface area contributed by atoms with Gasteiger partial charge >= 0.3 is 0 Å². The Hall–Kier alpha value is -2.63. The molecule has 0 radical (unpaired) electrons. The first-order valence-electron chi connectivity index (χ1n) is 12.0. The summed E-state index contributed by atoms with van der Waals surface area (Å²) in [7, 11) is 0. The summed E-state index contributed by atoms with van der Waals surface area (Å²) in [5, 5.41) is 3.75. The third kappa shape index (κ3) is 8.22. The Morgan fingerprint density at radius 2 is 1.60 bits per heavy atom. The summed E-state index contributed by atoms with van der Waals surface area (Å²) in [6.07, 6.45) is 2.04. The van der Waals surface area contributed by atoms with Crippen molar-refractivity contribution in [3.63, 3.8) is 0 Å². The zero-order valence-corrected chi connectivity index (χ0v) is 22.6. The van der Waals surface area contributed by atoms with Crippen LogP contribution in [0.25, 0.3) is 0 Å². The molecule has 0 spiro atoms. The lowest BCUT2D eigenvalue weighted by Gasteiger charge is -2.32. The fourth-order valence-electron chi connectivity index (χ4n) is 3.87. The van der Waals surface area contributed by atoms with E-state index in [9.17, 15) is 9.59 Å². The number of aryl methyl sites for hydroxylation is 1. The van der Waals surface area contributed by atoms with Gasteiger partial charge in [-0.2, -0.15) is 0 Å². The van der Waals surface area contributed by atoms with Gasteiger partial charge in [0.2, 0.25) is 11.8 Å². The molecule has 2 amide bonds. The molecule has 0 aliphatic rings. The van der Waals surface area contributed by atoms with E-state index in [0.717, 1.165) is 27.6 Å². The molecule has 0 unspecified atom stereocenters. The first kappa shape index (κ1) is 27.0. The van der Waals surface area contributed by atoms with Gasteiger partial charge in [0.15, 0.2) is 0 Å². The second-order valence-electron chi connectivity index (χ2n) is 8.76. The summed E-state index contributed by atoms with van der Waals surface area (Å²) in [6.45, 7) is 4.36. The van der Waals surface area contributed by atoms with E-state index in [4.69, 9.17) is 11.6 Å². The minimum absolute atomic E-state index is 0.0218. The molecule has 0 saturated carbocycles. The molecule has 6 heteroatoms. The Morgan fingerprint density at radius 3 is 2.26 bits per heavy atom. The average molecular weight is 556 g/mol. The van der Waals surface area contributed by atoms with Crippen molar-refractivity contribution in [2.45, 2.75) is 58.2 Å². The van der Waals surface area contributed by atoms with Gasteiger partial charge in [-0.15, -0.1) is 0 Å². The molecule has 0 aliphatic heterocycles. The summed E-state index contributed by atoms with van der Waals surface area (Å²) in [6, 6.07) is 24.7. The van der Waals surface area contributed by atoms with Crippen molar-refractivity contribution in [2.75, 3.05) is 0 Å². The molecule has 0 bridgehead atoms. The van der Waals surface area contributed by atoms with Crippen LogP contribution in [0.5, 0.6) is 0 Å². The summed E-state index contributed by atoms with van der Waals surface area (Å²) in [4.78, 5) is 28.9. The number of hydrogen-bond donors (Lipinski definition) is 1. The van der Waals surface area contributed by atoms with Gasteiger partial charge < -0.3 is 10.2 Å². The van der Waals surface area contributed by atoms with Crippen molar-refractivity contribution < 1.29 is 9.59 Å². The predicted octanol–water partition coefficient (Wildman–Crippen LogP) is 6.59. The van der Waals surface area contributed by atoms with E-state index in [0.29, 0.717) is 24.4 Å². The monoisotopic (exact) mass is 554 g/mol. The highest BCUT2D eigenvalue weighted by molar-refractivity contribution is 9.10. The van der Waals surface area contributed by atoms with Crippen LogP contribution in [0.4, 0.5) is 0 Å². The van der Waals surface area contributed by atoms with Crippen LogP contribution < -0.4 is 5.32 Å². The molecular formula is C29H32BrClN2O2. The predicted molar refractivity (Wildman–Crippen MR) is 146 cm³/mol. The van der Waals surface area contributed by atoms with Crippen molar-refractivity contribution in [1.29, 1.82) is 0 Å². The van der Waals surface area contributed by atoms with Crippen LogP contribution in [0.3, 0.4) is 0 Å². The van der Waals surface area contributed by atoms with Crippen LogP contribution in [-0.4, -0.2) is 28.8 Å². The number of amides is 2. The van der Waals surface area contributed by atoms with Crippen molar-refractivity contribution in [1.82, 2.24) is 10.2 Å². The van der Waals surface area contributed by atoms with E-state index in [-0.39, 0.29) is 24.3 Å². The average Bonchev–Trinajstić information content (AvgIpc) is 2.87. The molecule has 2 atom stereocenters. The van der Waals surface area contributed by atoms with Crippen LogP contribution in [0, 0.1) is 0 Å². The van der Waals surface area contributed by atoms with Gasteiger partial charge in [0.25, 0.3) is 0 Å². The fourth-order valence-corrected chi connectivity index (χ4v) is 4.36. The molecule has 184 valence electrons. The number of benzene rings is 3. The standard InChI is InChI=1S/C29H32BrClN2O2/c1-3-21(2)32-29(35)27(19-22-9-5-4-6-10-22)33(20-23-13-16-25(30)17-14-23)28(34)18-15-24-11-7-8-12-26(24)31/h4-14,16-17,21,27H,3,15,18-20H2,1-2H3,(H,32,35)/t21-,27+/m1/s1. The van der Waals surface area contributed by atoms with Gasteiger partial charge in [0.05, 0.1) is 0 Å². The lowest BCUT2D eigenvalue weighted by molar-refractivity contribution is -0.141. The topological polar surface area (TPSA) is 49.4 Å². The Morgan fingerprint density at radius 1 is 0.943 bits per heavy atom. The highest BCUT2D eigenvalue weighted by atomic mass is 79.9. The molecule has 0 heterocycles. The Labute approximate surface area is 221 Å². The van der Waals surface area contributed by atoms with Crippen LogP contribution in [0.15, 0.2) is 83.3 Å². The smallest absolute Gasteiger partial charge is 0.243 e. The maximum atomic E-state index is 13.7. The molecule has 3 aromatic rings. The van der Waals surface area contributed by atoms with Gasteiger partial charge in [-0.05, 0) is 54.7 Å². The molecule has 0 fully saturated rings. The van der Waals surface area contributed by atoms with Crippen LogP contribution >= 0.6 is 27.5 Å². The molecule has 35 heavy (non-hydrogen) atoms. The van der Waals surface area contributed by atoms with Gasteiger partial charge in [0, 0.05) is 34.9 Å². The van der Waals surface area contributed by atoms with E-state index in [1.54, 1.807) is 4.90 Å². The van der Waals surface area contributed by atoms with Crippen molar-refractivity contribution in [3.05, 3.63) is 105 Å². The minimum Gasteiger partial charge on any atom is -0.352 e. The van der Waals surface area contributed by atoms with Crippen LogP contribution in [-0.2, 0) is 29.0 Å². The van der Waals surface area contributed by atoms with Crippen molar-refractivity contribution in [3.8, 4) is 0 Å². The molecule has 1 N–H and O–H groups in total. The van der Waals surface area contributed by atoms with E-state index in [2.05, 4.69) is 21.2 Å². The lowest BCUT2D eigenvalue weighted by atomic mass is 10.0. The molecule has 3 rings (SSSR count). The quantitative estimate of drug-likeness (QED) is 0.290. The minimum atomic E-state index is -0.631. The van der Waals surface area contributed by atoms with E-state index >= 15 is 0 Å². The number of carbonyl (C=O) groups is 2. The highest BCUT2D eigenvalue weighted by Crippen LogP contribution is 2.21. The summed E-state index contributed by atoms with van der Waals surface area (Å²) in [5.41, 5.74) is 2.90. The molecular weight excluding hydrogens is 524 g/mol. The Kier molecular flexibility index (Phi) is 10.4. The number of nitrogens with zero attached hydrogens (tertiary/aromatic N) is 1. The van der Waals surface area contributed by atoms with E-state index in [1.165, 1.54) is 0 Å². The van der Waals surface area contributed by atoms with E-state index in [1.807, 2.05) is 92.7 Å². The van der Waals surface area contributed by atoms with Crippen LogP contribution in [0.2, 0.25) is 5.02 Å². The first-order chi connectivity index (χ1) is 16.9. The summed E-state index contributed by atoms with van der Waals surface area (Å²) in [5.74, 6) is -0.209. The molecule has 0 aromatic heterocycles. The van der Waals surface area contributed by atoms with Crippen LogP contribution in [0.1, 0.15) is 43.4 Å². The third-order valence-electron chi connectivity index (χ3n) is 6.10. The number of halogens is 2. The maximum absolute atomic E-state index is 13.7. The SMILES string of the molecule is CC[C@@H](C)NC(=O)[C@H](Cc1ccccc1)N(Cc1ccc(Br)cc1)C(=O)CCc1ccccc1Cl. The van der Waals surface area contributed by atoms with Crippen molar-refractivity contribution in [2.24, 2.45) is 0 Å². The number of hydrogen-bond acceptors (Lipinski definition) is 2. The number of carbonyl (C=O) groups excluding carboxylic acids is 2. The zero-order chi connectivity index (χ0) is 25.2. The van der Waals surface area contributed by atoms with Gasteiger partial charge in [-0.1, -0.05) is 95.1 Å². The van der Waals surface area contributed by atoms with Crippen molar-refractivity contribution >= 4 is 39.3 Å². The third-order valence-corrected chi connectivity index (χ3v) is 7.00. The second-order valence-corrected chi connectivity index (χ2v) is 10.1. The van der Waals surface area contributed by atoms with Gasteiger partial charge in [0.1, 0.15) is 6.04 Å². The maximum Gasteiger partial charge on any atom is 0.243 e. The lowest BCUT2D eigenvalue weighted by Crippen LogP contribution is -2.52. The molecule has 0 aliphatic carbocycles. The van der Waals surface area contributed by atoms with E-state index < -0.39 is 6.04 Å². The second kappa shape index (κ2) is 13.5. The Balaban J connectivity index is 1.91. The van der Waals surface area contributed by atoms with Gasteiger partial charge in [-0.3, -0.25) is 9.59 Å². The molecule has 4 nitrogen and oxygen atoms in total. The zero-order valence-electron chi connectivity index (χ0n) is 20.2. The Bertz CT molecular complexity index is 1110. The first-order valence-corrected chi connectivity index (χ1v) is 13.2. The number of nitrogens with one attached hydrogen (secondary N) is 1. The summed E-state index contributed by atoms with van der Waals surface area (Å²) < 4.78 is 0.966. The molecule has 0 saturated heterocycles. The fraction of sp³-hybridized carbons (Fsp3) is 0.310. The molecule has 3 aromatic carbocycles. The number of rotatable bonds is 11. The normalized spacial score (nSPS) is 12.6.